The minimum Gasteiger partial charge on any atom is -0.370 e. The second-order valence-electron chi connectivity index (χ2n) is 5.11. The zero-order valence-corrected chi connectivity index (χ0v) is 10.3. The summed E-state index contributed by atoms with van der Waals surface area (Å²) in [6.07, 6.45) is 4.91. The molecule has 4 heteroatoms. The van der Waals surface area contributed by atoms with Crippen molar-refractivity contribution in [3.05, 3.63) is 35.6 Å². The van der Waals surface area contributed by atoms with Gasteiger partial charge in [-0.25, -0.2) is 4.39 Å². The third-order valence-electron chi connectivity index (χ3n) is 4.00. The molecule has 2 aliphatic rings. The van der Waals surface area contributed by atoms with Crippen molar-refractivity contribution >= 4 is 5.96 Å². The van der Waals surface area contributed by atoms with E-state index in [4.69, 9.17) is 5.73 Å². The molecule has 1 aromatic rings. The van der Waals surface area contributed by atoms with Crippen LogP contribution in [-0.2, 0) is 0 Å². The van der Waals surface area contributed by atoms with Gasteiger partial charge in [-0.3, -0.25) is 4.99 Å². The number of nitrogens with zero attached hydrogens (tertiary/aromatic N) is 2. The van der Waals surface area contributed by atoms with E-state index >= 15 is 0 Å². The Morgan fingerprint density at radius 1 is 1.17 bits per heavy atom. The number of hydrogen-bond acceptors (Lipinski definition) is 3. The molecular formula is C14H18FN3. The van der Waals surface area contributed by atoms with Crippen molar-refractivity contribution in [2.45, 2.75) is 37.8 Å². The minimum absolute atomic E-state index is 0.189. The van der Waals surface area contributed by atoms with Crippen LogP contribution in [0, 0.1) is 5.82 Å². The van der Waals surface area contributed by atoms with Gasteiger partial charge in [-0.15, -0.1) is 0 Å². The van der Waals surface area contributed by atoms with Gasteiger partial charge >= 0.3 is 0 Å². The van der Waals surface area contributed by atoms with Gasteiger partial charge in [-0.1, -0.05) is 25.0 Å². The summed E-state index contributed by atoms with van der Waals surface area (Å²) in [5, 5.41) is 0. The Morgan fingerprint density at radius 3 is 2.50 bits per heavy atom. The predicted octanol–water partition coefficient (Wildman–Crippen LogP) is 2.44. The Labute approximate surface area is 106 Å². The van der Waals surface area contributed by atoms with E-state index in [1.54, 1.807) is 0 Å². The molecule has 0 spiro atoms. The van der Waals surface area contributed by atoms with E-state index in [2.05, 4.69) is 9.89 Å². The maximum Gasteiger partial charge on any atom is 0.192 e. The fourth-order valence-corrected chi connectivity index (χ4v) is 3.08. The highest BCUT2D eigenvalue weighted by atomic mass is 19.1. The van der Waals surface area contributed by atoms with E-state index in [1.807, 2.05) is 12.1 Å². The van der Waals surface area contributed by atoms with Gasteiger partial charge in [0.1, 0.15) is 5.82 Å². The van der Waals surface area contributed by atoms with Gasteiger partial charge in [0.2, 0.25) is 0 Å². The SMILES string of the molecule is NC1=NCC(c2ccc(F)cc2)N1C1CCCC1. The molecule has 2 N–H and O–H groups in total. The van der Waals surface area contributed by atoms with Crippen molar-refractivity contribution in [3.63, 3.8) is 0 Å². The molecule has 96 valence electrons. The molecule has 3 rings (SSSR count). The van der Waals surface area contributed by atoms with E-state index in [0.29, 0.717) is 18.5 Å². The fourth-order valence-electron chi connectivity index (χ4n) is 3.08. The van der Waals surface area contributed by atoms with Crippen LogP contribution >= 0.6 is 0 Å². The molecule has 3 nitrogen and oxygen atoms in total. The number of benzene rings is 1. The van der Waals surface area contributed by atoms with E-state index < -0.39 is 0 Å². The third-order valence-corrected chi connectivity index (χ3v) is 4.00. The monoisotopic (exact) mass is 247 g/mol. The highest BCUT2D eigenvalue weighted by Gasteiger charge is 2.34. The molecule has 1 unspecified atom stereocenters. The lowest BCUT2D eigenvalue weighted by atomic mass is 10.0. The molecule has 0 radical (unpaired) electrons. The van der Waals surface area contributed by atoms with Crippen LogP contribution in [0.15, 0.2) is 29.3 Å². The zero-order chi connectivity index (χ0) is 12.5. The summed E-state index contributed by atoms with van der Waals surface area (Å²) in [7, 11) is 0. The van der Waals surface area contributed by atoms with Crippen LogP contribution in [0.4, 0.5) is 4.39 Å². The van der Waals surface area contributed by atoms with Crippen molar-refractivity contribution in [2.24, 2.45) is 10.7 Å². The summed E-state index contributed by atoms with van der Waals surface area (Å²) in [5.74, 6) is 0.453. The quantitative estimate of drug-likeness (QED) is 0.872. The molecule has 0 bridgehead atoms. The highest BCUT2D eigenvalue weighted by molar-refractivity contribution is 5.80. The van der Waals surface area contributed by atoms with Gasteiger partial charge in [0.15, 0.2) is 5.96 Å². The number of nitrogens with two attached hydrogens (primary N) is 1. The number of aliphatic imine (C=N–C) groups is 1. The Morgan fingerprint density at radius 2 is 1.83 bits per heavy atom. The lowest BCUT2D eigenvalue weighted by molar-refractivity contribution is 0.262. The van der Waals surface area contributed by atoms with Crippen LogP contribution in [0.1, 0.15) is 37.3 Å². The molecule has 0 aromatic heterocycles. The number of guanidine groups is 1. The summed E-state index contributed by atoms with van der Waals surface area (Å²) < 4.78 is 13.0. The largest absolute Gasteiger partial charge is 0.370 e. The maximum absolute atomic E-state index is 13.0. The van der Waals surface area contributed by atoms with E-state index in [9.17, 15) is 4.39 Å². The standard InChI is InChI=1S/C14H18FN3/c15-11-7-5-10(6-8-11)13-9-17-14(16)18(13)12-3-1-2-4-12/h5-8,12-13H,1-4,9H2,(H2,16,17). The molecule has 1 atom stereocenters. The first-order chi connectivity index (χ1) is 8.75. The average Bonchev–Trinajstić information content (AvgIpc) is 2.99. The molecule has 0 saturated heterocycles. The molecule has 1 fully saturated rings. The second-order valence-corrected chi connectivity index (χ2v) is 5.11. The first kappa shape index (κ1) is 11.5. The van der Waals surface area contributed by atoms with Gasteiger partial charge < -0.3 is 10.6 Å². The summed E-state index contributed by atoms with van der Waals surface area (Å²) in [6.45, 7) is 0.688. The lowest BCUT2D eigenvalue weighted by Gasteiger charge is -2.32. The molecule has 0 amide bonds. The first-order valence-electron chi connectivity index (χ1n) is 6.59. The average molecular weight is 247 g/mol. The summed E-state index contributed by atoms with van der Waals surface area (Å²) in [6, 6.07) is 7.40. The van der Waals surface area contributed by atoms with Crippen LogP contribution < -0.4 is 5.73 Å². The molecule has 1 heterocycles. The van der Waals surface area contributed by atoms with E-state index in [-0.39, 0.29) is 11.9 Å². The second kappa shape index (κ2) is 4.59. The van der Waals surface area contributed by atoms with Crippen LogP contribution in [0.5, 0.6) is 0 Å². The summed E-state index contributed by atoms with van der Waals surface area (Å²) >= 11 is 0. The van der Waals surface area contributed by atoms with Gasteiger partial charge in [0.25, 0.3) is 0 Å². The van der Waals surface area contributed by atoms with Gasteiger partial charge in [-0.05, 0) is 30.5 Å². The summed E-state index contributed by atoms with van der Waals surface area (Å²) in [4.78, 5) is 6.61. The van der Waals surface area contributed by atoms with Gasteiger partial charge in [0, 0.05) is 6.04 Å². The fraction of sp³-hybridized carbons (Fsp3) is 0.500. The molecular weight excluding hydrogens is 229 g/mol. The van der Waals surface area contributed by atoms with Crippen LogP contribution in [0.3, 0.4) is 0 Å². The highest BCUT2D eigenvalue weighted by Crippen LogP contribution is 2.33. The van der Waals surface area contributed by atoms with Crippen molar-refractivity contribution < 1.29 is 4.39 Å². The third kappa shape index (κ3) is 1.96. The van der Waals surface area contributed by atoms with Gasteiger partial charge in [-0.2, -0.15) is 0 Å². The Kier molecular flexibility index (Phi) is 2.94. The Bertz CT molecular complexity index is 449. The number of rotatable bonds is 2. The van der Waals surface area contributed by atoms with Crippen molar-refractivity contribution in [1.29, 1.82) is 0 Å². The van der Waals surface area contributed by atoms with Crippen LogP contribution in [0.25, 0.3) is 0 Å². The zero-order valence-electron chi connectivity index (χ0n) is 10.3. The molecule has 18 heavy (non-hydrogen) atoms. The van der Waals surface area contributed by atoms with Crippen molar-refractivity contribution in [1.82, 2.24) is 4.90 Å². The molecule has 1 aliphatic carbocycles. The van der Waals surface area contributed by atoms with Gasteiger partial charge in [0.05, 0.1) is 12.6 Å². The Hall–Kier alpha value is -1.58. The maximum atomic E-state index is 13.0. The smallest absolute Gasteiger partial charge is 0.192 e. The van der Waals surface area contributed by atoms with Crippen LogP contribution in [0.2, 0.25) is 0 Å². The lowest BCUT2D eigenvalue weighted by Crippen LogP contribution is -2.42. The van der Waals surface area contributed by atoms with Crippen molar-refractivity contribution in [2.75, 3.05) is 6.54 Å². The van der Waals surface area contributed by atoms with Crippen LogP contribution in [-0.4, -0.2) is 23.4 Å². The van der Waals surface area contributed by atoms with Crippen molar-refractivity contribution in [3.8, 4) is 0 Å². The first-order valence-corrected chi connectivity index (χ1v) is 6.59. The molecule has 1 saturated carbocycles. The topological polar surface area (TPSA) is 41.6 Å². The summed E-state index contributed by atoms with van der Waals surface area (Å²) in [5.41, 5.74) is 7.12. The van der Waals surface area contributed by atoms with E-state index in [0.717, 1.165) is 5.56 Å². The molecule has 1 aliphatic heterocycles. The number of hydrogen-bond donors (Lipinski definition) is 1. The van der Waals surface area contributed by atoms with E-state index in [1.165, 1.54) is 37.8 Å². The predicted molar refractivity (Wildman–Crippen MR) is 69.7 cm³/mol. The number of halogens is 1. The minimum atomic E-state index is -0.196. The Balaban J connectivity index is 1.85. The normalized spacial score (nSPS) is 24.6. The molecule has 1 aromatic carbocycles.